The van der Waals surface area contributed by atoms with Gasteiger partial charge in [0.05, 0.1) is 12.2 Å². The van der Waals surface area contributed by atoms with Gasteiger partial charge in [-0.3, -0.25) is 0 Å². The van der Waals surface area contributed by atoms with E-state index in [0.29, 0.717) is 22.7 Å². The summed E-state index contributed by atoms with van der Waals surface area (Å²) in [5.41, 5.74) is 2.21. The number of unbranched alkanes of at least 4 members (excludes halogenated alkanes) is 1. The van der Waals surface area contributed by atoms with Crippen LogP contribution in [0.5, 0.6) is 0 Å². The van der Waals surface area contributed by atoms with Gasteiger partial charge in [0.1, 0.15) is 0 Å². The average molecular weight is 389 g/mol. The summed E-state index contributed by atoms with van der Waals surface area (Å²) in [6.07, 6.45) is 15.4. The third-order valence-corrected chi connectivity index (χ3v) is 9.87. The lowest BCUT2D eigenvalue weighted by Gasteiger charge is -2.58. The molecule has 28 heavy (non-hydrogen) atoms. The normalized spacial score (nSPS) is 48.0. The van der Waals surface area contributed by atoms with E-state index >= 15 is 0 Å². The molecular weight excluding hydrogens is 344 g/mol. The van der Waals surface area contributed by atoms with Crippen molar-refractivity contribution in [1.29, 1.82) is 0 Å². The van der Waals surface area contributed by atoms with Gasteiger partial charge >= 0.3 is 0 Å². The fourth-order valence-electron chi connectivity index (χ4n) is 8.20. The Labute approximate surface area is 173 Å². The number of allylic oxidation sites excluding steroid dienone is 1. The minimum atomic E-state index is -0.117. The van der Waals surface area contributed by atoms with Crippen molar-refractivity contribution >= 4 is 0 Å². The van der Waals surface area contributed by atoms with Crippen molar-refractivity contribution < 1.29 is 10.2 Å². The van der Waals surface area contributed by atoms with Crippen LogP contribution < -0.4 is 0 Å². The SMILES string of the molecule is CC(C)CCCCC1C(O)CC2C3CC=C4CC(O)CCC4(C)C3CC[C@]12C. The predicted molar refractivity (Wildman–Crippen MR) is 116 cm³/mol. The van der Waals surface area contributed by atoms with E-state index < -0.39 is 0 Å². The first-order valence-corrected chi connectivity index (χ1v) is 12.3. The molecule has 0 bridgehead atoms. The van der Waals surface area contributed by atoms with Crippen LogP contribution >= 0.6 is 0 Å². The first-order valence-electron chi connectivity index (χ1n) is 12.3. The molecular formula is C26H44O2. The van der Waals surface area contributed by atoms with Gasteiger partial charge in [-0.05, 0) is 91.8 Å². The Morgan fingerprint density at radius 1 is 1.07 bits per heavy atom. The van der Waals surface area contributed by atoms with Crippen molar-refractivity contribution in [3.63, 3.8) is 0 Å². The van der Waals surface area contributed by atoms with Crippen LogP contribution in [0.1, 0.15) is 98.3 Å². The van der Waals surface area contributed by atoms with E-state index in [1.807, 2.05) is 0 Å². The first kappa shape index (κ1) is 20.9. The van der Waals surface area contributed by atoms with Crippen molar-refractivity contribution in [1.82, 2.24) is 0 Å². The van der Waals surface area contributed by atoms with E-state index in [0.717, 1.165) is 43.4 Å². The fourth-order valence-corrected chi connectivity index (χ4v) is 8.20. The van der Waals surface area contributed by atoms with Crippen LogP contribution in [0, 0.1) is 40.4 Å². The van der Waals surface area contributed by atoms with E-state index in [2.05, 4.69) is 33.8 Å². The highest BCUT2D eigenvalue weighted by Crippen LogP contribution is 2.66. The minimum absolute atomic E-state index is 0.0841. The molecule has 3 saturated carbocycles. The Balaban J connectivity index is 1.50. The quantitative estimate of drug-likeness (QED) is 0.440. The molecule has 0 heterocycles. The Bertz CT molecular complexity index is 595. The van der Waals surface area contributed by atoms with E-state index in [1.54, 1.807) is 5.57 Å². The number of fused-ring (bicyclic) bond motifs is 5. The summed E-state index contributed by atoms with van der Waals surface area (Å²) in [7, 11) is 0. The Kier molecular flexibility index (Phi) is 5.77. The maximum atomic E-state index is 11.1. The summed E-state index contributed by atoms with van der Waals surface area (Å²) in [6, 6.07) is 0. The monoisotopic (exact) mass is 388 g/mol. The first-order chi connectivity index (χ1) is 13.3. The largest absolute Gasteiger partial charge is 0.393 e. The zero-order chi connectivity index (χ0) is 20.1. The second-order valence-electron chi connectivity index (χ2n) is 11.8. The molecule has 8 atom stereocenters. The molecule has 2 nitrogen and oxygen atoms in total. The summed E-state index contributed by atoms with van der Waals surface area (Å²) in [6.45, 7) is 9.67. The highest BCUT2D eigenvalue weighted by Gasteiger charge is 2.60. The highest BCUT2D eigenvalue weighted by atomic mass is 16.3. The predicted octanol–water partition coefficient (Wildman–Crippen LogP) is 6.11. The molecule has 160 valence electrons. The van der Waals surface area contributed by atoms with Gasteiger partial charge in [0.15, 0.2) is 0 Å². The molecule has 0 amide bonds. The Morgan fingerprint density at radius 2 is 1.86 bits per heavy atom. The number of aliphatic hydroxyl groups is 2. The van der Waals surface area contributed by atoms with Crippen LogP contribution in [0.4, 0.5) is 0 Å². The summed E-state index contributed by atoms with van der Waals surface area (Å²) in [5, 5.41) is 21.2. The minimum Gasteiger partial charge on any atom is -0.393 e. The zero-order valence-electron chi connectivity index (χ0n) is 18.8. The molecule has 0 radical (unpaired) electrons. The highest BCUT2D eigenvalue weighted by molar-refractivity contribution is 5.25. The Morgan fingerprint density at radius 3 is 2.61 bits per heavy atom. The van der Waals surface area contributed by atoms with Crippen molar-refractivity contribution in [2.45, 2.75) is 111 Å². The van der Waals surface area contributed by atoms with Gasteiger partial charge in [-0.15, -0.1) is 0 Å². The lowest BCUT2D eigenvalue weighted by molar-refractivity contribution is -0.0532. The van der Waals surface area contributed by atoms with E-state index in [-0.39, 0.29) is 12.2 Å². The third-order valence-electron chi connectivity index (χ3n) is 9.87. The standard InChI is InChI=1S/C26H44O2/c1-17(2)7-5-6-8-22-24(28)16-23-20-10-9-18-15-19(27)11-13-25(18,3)21(20)12-14-26(22,23)4/h9,17,19-24,27-28H,5-8,10-16H2,1-4H3/t19?,20?,21?,22?,23?,24?,25?,26-/m1/s1. The topological polar surface area (TPSA) is 40.5 Å². The van der Waals surface area contributed by atoms with Gasteiger partial charge in [0, 0.05) is 0 Å². The van der Waals surface area contributed by atoms with E-state index in [9.17, 15) is 10.2 Å². The van der Waals surface area contributed by atoms with Crippen molar-refractivity contribution in [3.05, 3.63) is 11.6 Å². The van der Waals surface area contributed by atoms with Crippen LogP contribution in [0.15, 0.2) is 11.6 Å². The number of hydrogen-bond acceptors (Lipinski definition) is 2. The average Bonchev–Trinajstić information content (AvgIpc) is 2.89. The molecule has 0 aromatic carbocycles. The molecule has 0 saturated heterocycles. The summed E-state index contributed by atoms with van der Waals surface area (Å²) < 4.78 is 0. The van der Waals surface area contributed by atoms with Crippen LogP contribution in [-0.4, -0.2) is 22.4 Å². The molecule has 2 heteroatoms. The second-order valence-corrected chi connectivity index (χ2v) is 11.8. The summed E-state index contributed by atoms with van der Waals surface area (Å²) in [5.74, 6) is 3.52. The van der Waals surface area contributed by atoms with Crippen LogP contribution in [0.25, 0.3) is 0 Å². The van der Waals surface area contributed by atoms with Gasteiger partial charge in [-0.1, -0.05) is 58.6 Å². The maximum Gasteiger partial charge on any atom is 0.0577 e. The van der Waals surface area contributed by atoms with Crippen molar-refractivity contribution in [2.75, 3.05) is 0 Å². The van der Waals surface area contributed by atoms with Gasteiger partial charge in [-0.2, -0.15) is 0 Å². The molecule has 3 fully saturated rings. The molecule has 0 aromatic rings. The molecule has 4 aliphatic carbocycles. The number of rotatable bonds is 5. The summed E-state index contributed by atoms with van der Waals surface area (Å²) >= 11 is 0. The van der Waals surface area contributed by atoms with E-state index in [4.69, 9.17) is 0 Å². The number of aliphatic hydroxyl groups excluding tert-OH is 2. The van der Waals surface area contributed by atoms with Gasteiger partial charge in [-0.25, -0.2) is 0 Å². The molecule has 0 aromatic heterocycles. The van der Waals surface area contributed by atoms with Crippen LogP contribution in [0.2, 0.25) is 0 Å². The molecule has 7 unspecified atom stereocenters. The Hall–Kier alpha value is -0.340. The van der Waals surface area contributed by atoms with Crippen molar-refractivity contribution in [2.24, 2.45) is 40.4 Å². The number of hydrogen-bond donors (Lipinski definition) is 2. The van der Waals surface area contributed by atoms with Crippen molar-refractivity contribution in [3.8, 4) is 0 Å². The molecule has 0 spiro atoms. The van der Waals surface area contributed by atoms with Gasteiger partial charge in [0.2, 0.25) is 0 Å². The maximum absolute atomic E-state index is 11.1. The smallest absolute Gasteiger partial charge is 0.0577 e. The zero-order valence-corrected chi connectivity index (χ0v) is 18.8. The van der Waals surface area contributed by atoms with Gasteiger partial charge < -0.3 is 10.2 Å². The summed E-state index contributed by atoms with van der Waals surface area (Å²) in [4.78, 5) is 0. The molecule has 4 rings (SSSR count). The molecule has 0 aliphatic heterocycles. The second kappa shape index (κ2) is 7.73. The van der Waals surface area contributed by atoms with Gasteiger partial charge in [0.25, 0.3) is 0 Å². The van der Waals surface area contributed by atoms with E-state index in [1.165, 1.54) is 44.9 Å². The van der Waals surface area contributed by atoms with Crippen LogP contribution in [-0.2, 0) is 0 Å². The lowest BCUT2D eigenvalue weighted by Crippen LogP contribution is -2.50. The third kappa shape index (κ3) is 3.41. The lowest BCUT2D eigenvalue weighted by atomic mass is 9.47. The van der Waals surface area contributed by atoms with Crippen LogP contribution in [0.3, 0.4) is 0 Å². The molecule has 4 aliphatic rings. The fraction of sp³-hybridized carbons (Fsp3) is 0.923. The molecule has 2 N–H and O–H groups in total.